The average molecular weight is 313 g/mol. The highest BCUT2D eigenvalue weighted by Gasteiger charge is 2.33. The summed E-state index contributed by atoms with van der Waals surface area (Å²) in [6, 6.07) is 10.9. The van der Waals surface area contributed by atoms with E-state index in [0.717, 1.165) is 28.5 Å². The summed E-state index contributed by atoms with van der Waals surface area (Å²) in [6.45, 7) is 0.518. The van der Waals surface area contributed by atoms with Gasteiger partial charge in [-0.25, -0.2) is 4.79 Å². The van der Waals surface area contributed by atoms with Crippen molar-refractivity contribution in [3.05, 3.63) is 42.0 Å². The largest absolute Gasteiger partial charge is 0.497 e. The van der Waals surface area contributed by atoms with Gasteiger partial charge in [-0.15, -0.1) is 0 Å². The van der Waals surface area contributed by atoms with Gasteiger partial charge in [0.25, 0.3) is 0 Å². The minimum atomic E-state index is -0.921. The van der Waals surface area contributed by atoms with Crippen LogP contribution in [0.2, 0.25) is 0 Å². The Morgan fingerprint density at radius 1 is 1.30 bits per heavy atom. The molecule has 5 heteroatoms. The van der Waals surface area contributed by atoms with Crippen LogP contribution in [0.25, 0.3) is 10.8 Å². The Morgan fingerprint density at radius 2 is 2.13 bits per heavy atom. The number of carboxylic acid groups (broad SMARTS) is 1. The summed E-state index contributed by atoms with van der Waals surface area (Å²) in [5.41, 5.74) is 0.891. The maximum Gasteiger partial charge on any atom is 0.326 e. The molecule has 0 radical (unpaired) electrons. The number of likely N-dealkylation sites (tertiary alicyclic amines) is 1. The van der Waals surface area contributed by atoms with Crippen molar-refractivity contribution in [2.24, 2.45) is 0 Å². The molecule has 5 nitrogen and oxygen atoms in total. The van der Waals surface area contributed by atoms with Crippen molar-refractivity contribution in [3.8, 4) is 5.75 Å². The molecule has 0 saturated carbocycles. The third kappa shape index (κ3) is 2.99. The molecule has 0 unspecified atom stereocenters. The second-order valence-corrected chi connectivity index (χ2v) is 5.76. The molecule has 1 N–H and O–H groups in total. The van der Waals surface area contributed by atoms with Crippen LogP contribution >= 0.6 is 0 Å². The SMILES string of the molecule is COc1ccc2cccc(CC(=O)N3CCC[C@H]3C(=O)O)c2c1. The molecule has 1 aliphatic rings. The number of ether oxygens (including phenoxy) is 1. The Bertz CT molecular complexity index is 756. The normalized spacial score (nSPS) is 17.4. The second-order valence-electron chi connectivity index (χ2n) is 5.76. The van der Waals surface area contributed by atoms with Crippen molar-refractivity contribution < 1.29 is 19.4 Å². The molecule has 23 heavy (non-hydrogen) atoms. The van der Waals surface area contributed by atoms with Gasteiger partial charge in [-0.3, -0.25) is 4.79 Å². The van der Waals surface area contributed by atoms with Gasteiger partial charge in [0.2, 0.25) is 5.91 Å². The summed E-state index contributed by atoms with van der Waals surface area (Å²) >= 11 is 0. The van der Waals surface area contributed by atoms with Gasteiger partial charge in [0.15, 0.2) is 0 Å². The van der Waals surface area contributed by atoms with E-state index in [4.69, 9.17) is 4.74 Å². The van der Waals surface area contributed by atoms with E-state index in [1.807, 2.05) is 36.4 Å². The maximum absolute atomic E-state index is 12.6. The molecule has 3 rings (SSSR count). The molecule has 1 amide bonds. The molecule has 1 atom stereocenters. The van der Waals surface area contributed by atoms with E-state index < -0.39 is 12.0 Å². The zero-order chi connectivity index (χ0) is 16.4. The molecular weight excluding hydrogens is 294 g/mol. The molecular formula is C18H19NO4. The summed E-state index contributed by atoms with van der Waals surface area (Å²) < 4.78 is 5.26. The number of carbonyl (C=O) groups is 2. The van der Waals surface area contributed by atoms with Gasteiger partial charge in [0.05, 0.1) is 13.5 Å². The summed E-state index contributed by atoms with van der Waals surface area (Å²) in [4.78, 5) is 25.3. The van der Waals surface area contributed by atoms with Gasteiger partial charge in [0.1, 0.15) is 11.8 Å². The number of hydrogen-bond donors (Lipinski definition) is 1. The summed E-state index contributed by atoms with van der Waals surface area (Å²) in [5.74, 6) is -0.317. The number of benzene rings is 2. The lowest BCUT2D eigenvalue weighted by molar-refractivity contribution is -0.147. The Hall–Kier alpha value is -2.56. The molecule has 1 saturated heterocycles. The molecule has 1 aliphatic heterocycles. The van der Waals surface area contributed by atoms with Gasteiger partial charge in [-0.1, -0.05) is 24.3 Å². The fourth-order valence-electron chi connectivity index (χ4n) is 3.18. The van der Waals surface area contributed by atoms with Gasteiger partial charge < -0.3 is 14.7 Å². The zero-order valence-corrected chi connectivity index (χ0v) is 13.0. The first kappa shape index (κ1) is 15.3. The highest BCUT2D eigenvalue weighted by molar-refractivity contribution is 5.92. The van der Waals surface area contributed by atoms with Crippen LogP contribution in [0.3, 0.4) is 0 Å². The zero-order valence-electron chi connectivity index (χ0n) is 13.0. The summed E-state index contributed by atoms with van der Waals surface area (Å²) in [7, 11) is 1.61. The molecule has 0 bridgehead atoms. The van der Waals surface area contributed by atoms with Crippen LogP contribution in [0.15, 0.2) is 36.4 Å². The number of carbonyl (C=O) groups excluding carboxylic acids is 1. The fourth-order valence-corrected chi connectivity index (χ4v) is 3.18. The van der Waals surface area contributed by atoms with Gasteiger partial charge >= 0.3 is 5.97 Å². The predicted molar refractivity (Wildman–Crippen MR) is 86.6 cm³/mol. The standard InChI is InChI=1S/C18H19NO4/c1-23-14-8-7-12-4-2-5-13(15(12)11-14)10-17(20)19-9-3-6-16(19)18(21)22/h2,4-5,7-8,11,16H,3,6,9-10H2,1H3,(H,21,22)/t16-/m0/s1. The molecule has 2 aromatic rings. The van der Waals surface area contributed by atoms with Crippen LogP contribution in [-0.4, -0.2) is 41.6 Å². The first-order valence-corrected chi connectivity index (χ1v) is 7.68. The highest BCUT2D eigenvalue weighted by atomic mass is 16.5. The van der Waals surface area contributed by atoms with Crippen molar-refractivity contribution in [1.82, 2.24) is 4.90 Å². The molecule has 0 spiro atoms. The predicted octanol–water partition coefficient (Wildman–Crippen LogP) is 2.47. The molecule has 0 aromatic heterocycles. The Labute approximate surface area is 134 Å². The van der Waals surface area contributed by atoms with Crippen molar-refractivity contribution in [2.45, 2.75) is 25.3 Å². The third-order valence-electron chi connectivity index (χ3n) is 4.38. The van der Waals surface area contributed by atoms with Gasteiger partial charge in [-0.05, 0) is 41.3 Å². The fraction of sp³-hybridized carbons (Fsp3) is 0.333. The van der Waals surface area contributed by atoms with E-state index >= 15 is 0 Å². The number of nitrogens with zero attached hydrogens (tertiary/aromatic N) is 1. The number of rotatable bonds is 4. The van der Waals surface area contributed by atoms with Crippen LogP contribution in [0.1, 0.15) is 18.4 Å². The van der Waals surface area contributed by atoms with Gasteiger partial charge in [-0.2, -0.15) is 0 Å². The molecule has 120 valence electrons. The highest BCUT2D eigenvalue weighted by Crippen LogP contribution is 2.26. The van der Waals surface area contributed by atoms with E-state index in [-0.39, 0.29) is 12.3 Å². The van der Waals surface area contributed by atoms with E-state index in [1.165, 1.54) is 4.90 Å². The van der Waals surface area contributed by atoms with Crippen LogP contribution < -0.4 is 4.74 Å². The summed E-state index contributed by atoms with van der Waals surface area (Å²) in [6.07, 6.45) is 1.48. The lowest BCUT2D eigenvalue weighted by Crippen LogP contribution is -2.41. The molecule has 0 aliphatic carbocycles. The third-order valence-corrected chi connectivity index (χ3v) is 4.38. The minimum Gasteiger partial charge on any atom is -0.497 e. The number of methoxy groups -OCH3 is 1. The van der Waals surface area contributed by atoms with Crippen molar-refractivity contribution in [2.75, 3.05) is 13.7 Å². The molecule has 2 aromatic carbocycles. The molecule has 1 fully saturated rings. The van der Waals surface area contributed by atoms with Crippen LogP contribution in [0, 0.1) is 0 Å². The first-order valence-electron chi connectivity index (χ1n) is 7.68. The average Bonchev–Trinajstić information content (AvgIpc) is 3.05. The van der Waals surface area contributed by atoms with E-state index in [9.17, 15) is 14.7 Å². The van der Waals surface area contributed by atoms with E-state index in [0.29, 0.717) is 13.0 Å². The van der Waals surface area contributed by atoms with Crippen LogP contribution in [-0.2, 0) is 16.0 Å². The maximum atomic E-state index is 12.6. The quantitative estimate of drug-likeness (QED) is 0.941. The number of aliphatic carboxylic acids is 1. The first-order chi connectivity index (χ1) is 11.1. The monoisotopic (exact) mass is 313 g/mol. The Morgan fingerprint density at radius 3 is 2.87 bits per heavy atom. The lowest BCUT2D eigenvalue weighted by Gasteiger charge is -2.21. The number of fused-ring (bicyclic) bond motifs is 1. The number of carboxylic acids is 1. The topological polar surface area (TPSA) is 66.8 Å². The van der Waals surface area contributed by atoms with Crippen LogP contribution in [0.5, 0.6) is 5.75 Å². The van der Waals surface area contributed by atoms with Crippen LogP contribution in [0.4, 0.5) is 0 Å². The minimum absolute atomic E-state index is 0.134. The van der Waals surface area contributed by atoms with E-state index in [1.54, 1.807) is 7.11 Å². The second kappa shape index (κ2) is 6.28. The number of amides is 1. The van der Waals surface area contributed by atoms with E-state index in [2.05, 4.69) is 0 Å². The molecule has 1 heterocycles. The Kier molecular flexibility index (Phi) is 4.19. The van der Waals surface area contributed by atoms with Crippen molar-refractivity contribution in [1.29, 1.82) is 0 Å². The lowest BCUT2D eigenvalue weighted by atomic mass is 10.0. The Balaban J connectivity index is 1.89. The summed E-state index contributed by atoms with van der Waals surface area (Å²) in [5, 5.41) is 11.2. The smallest absolute Gasteiger partial charge is 0.326 e. The van der Waals surface area contributed by atoms with Crippen molar-refractivity contribution >= 4 is 22.6 Å². The van der Waals surface area contributed by atoms with Gasteiger partial charge in [0, 0.05) is 6.54 Å². The van der Waals surface area contributed by atoms with Crippen molar-refractivity contribution in [3.63, 3.8) is 0 Å². The number of hydrogen-bond acceptors (Lipinski definition) is 3.